The highest BCUT2D eigenvalue weighted by Gasteiger charge is 2.51. The van der Waals surface area contributed by atoms with Crippen LogP contribution in [0.1, 0.15) is 79.1 Å². The fraction of sp³-hybridized carbons (Fsp3) is 0.900. The van der Waals surface area contributed by atoms with Gasteiger partial charge in [0.15, 0.2) is 5.60 Å². The van der Waals surface area contributed by atoms with Gasteiger partial charge in [-0.3, -0.25) is 9.59 Å². The Hall–Kier alpha value is -1.06. The van der Waals surface area contributed by atoms with Crippen LogP contribution in [0.5, 0.6) is 0 Å². The molecule has 0 aliphatic heterocycles. The standard InChI is InChI=1S/C20H35NO3/c1-6-19(3,4)18(23)24-20(17(22)21(5)7-2)13-12-15-10-8-9-11-16(15)14-20/h15-16H,6-14H2,1-5H3/t15-,16+,20+/m0/s1. The topological polar surface area (TPSA) is 46.6 Å². The summed E-state index contributed by atoms with van der Waals surface area (Å²) >= 11 is 0. The molecular formula is C20H35NO3. The lowest BCUT2D eigenvalue weighted by atomic mass is 9.65. The number of likely N-dealkylation sites (N-methyl/N-ethyl adjacent to an activating group) is 1. The van der Waals surface area contributed by atoms with Crippen LogP contribution in [0, 0.1) is 17.3 Å². The molecule has 3 atom stereocenters. The third-order valence-electron chi connectivity index (χ3n) is 6.51. The highest BCUT2D eigenvalue weighted by atomic mass is 16.6. The molecule has 2 rings (SSSR count). The van der Waals surface area contributed by atoms with Crippen molar-refractivity contribution in [3.8, 4) is 0 Å². The Morgan fingerprint density at radius 2 is 1.75 bits per heavy atom. The average Bonchev–Trinajstić information content (AvgIpc) is 2.60. The summed E-state index contributed by atoms with van der Waals surface area (Å²) in [7, 11) is 1.82. The summed E-state index contributed by atoms with van der Waals surface area (Å²) in [6, 6.07) is 0. The first kappa shape index (κ1) is 19.3. The number of nitrogens with zero attached hydrogens (tertiary/aromatic N) is 1. The van der Waals surface area contributed by atoms with Crippen molar-refractivity contribution in [3.05, 3.63) is 0 Å². The molecule has 0 aromatic rings. The zero-order chi connectivity index (χ0) is 18.0. The van der Waals surface area contributed by atoms with Gasteiger partial charge in [-0.25, -0.2) is 0 Å². The zero-order valence-electron chi connectivity index (χ0n) is 16.2. The van der Waals surface area contributed by atoms with E-state index in [9.17, 15) is 9.59 Å². The average molecular weight is 338 g/mol. The molecule has 0 radical (unpaired) electrons. The van der Waals surface area contributed by atoms with Crippen molar-refractivity contribution in [2.75, 3.05) is 13.6 Å². The number of hydrogen-bond donors (Lipinski definition) is 0. The van der Waals surface area contributed by atoms with E-state index in [2.05, 4.69) is 0 Å². The van der Waals surface area contributed by atoms with E-state index in [1.165, 1.54) is 25.7 Å². The van der Waals surface area contributed by atoms with Crippen LogP contribution in [0.4, 0.5) is 0 Å². The van der Waals surface area contributed by atoms with E-state index in [-0.39, 0.29) is 11.9 Å². The fourth-order valence-corrected chi connectivity index (χ4v) is 4.16. The molecule has 1 amide bonds. The molecule has 0 aromatic heterocycles. The van der Waals surface area contributed by atoms with Gasteiger partial charge in [-0.05, 0) is 58.3 Å². The Balaban J connectivity index is 2.25. The van der Waals surface area contributed by atoms with Gasteiger partial charge in [0.25, 0.3) is 5.91 Å². The minimum Gasteiger partial charge on any atom is -0.449 e. The molecule has 2 fully saturated rings. The summed E-state index contributed by atoms with van der Waals surface area (Å²) in [4.78, 5) is 27.6. The van der Waals surface area contributed by atoms with Gasteiger partial charge in [0, 0.05) is 13.6 Å². The second-order valence-corrected chi connectivity index (χ2v) is 8.49. The summed E-state index contributed by atoms with van der Waals surface area (Å²) in [5, 5.41) is 0. The van der Waals surface area contributed by atoms with Gasteiger partial charge in [0.1, 0.15) is 0 Å². The number of rotatable bonds is 5. The van der Waals surface area contributed by atoms with Crippen LogP contribution >= 0.6 is 0 Å². The van der Waals surface area contributed by atoms with Crippen LogP contribution in [0.25, 0.3) is 0 Å². The summed E-state index contributed by atoms with van der Waals surface area (Å²) in [6.07, 6.45) is 8.11. The first-order valence-electron chi connectivity index (χ1n) is 9.74. The SMILES string of the molecule is CCN(C)C(=O)[C@@]1(OC(=O)C(C)(C)CC)CC[C@@H]2CCCC[C@@H]2C1. The second-order valence-electron chi connectivity index (χ2n) is 8.49. The first-order chi connectivity index (χ1) is 11.3. The molecular weight excluding hydrogens is 302 g/mol. The van der Waals surface area contributed by atoms with Crippen molar-refractivity contribution >= 4 is 11.9 Å². The number of hydrogen-bond acceptors (Lipinski definition) is 3. The van der Waals surface area contributed by atoms with Crippen molar-refractivity contribution in [1.29, 1.82) is 0 Å². The number of fused-ring (bicyclic) bond motifs is 1. The molecule has 4 nitrogen and oxygen atoms in total. The van der Waals surface area contributed by atoms with Crippen molar-refractivity contribution in [2.24, 2.45) is 17.3 Å². The molecule has 2 aliphatic carbocycles. The highest BCUT2D eigenvalue weighted by Crippen LogP contribution is 2.47. The van der Waals surface area contributed by atoms with Gasteiger partial charge >= 0.3 is 5.97 Å². The third kappa shape index (κ3) is 3.78. The number of amides is 1. The van der Waals surface area contributed by atoms with Crippen molar-refractivity contribution in [3.63, 3.8) is 0 Å². The lowest BCUT2D eigenvalue weighted by Crippen LogP contribution is -2.55. The van der Waals surface area contributed by atoms with Gasteiger partial charge in [0.2, 0.25) is 0 Å². The molecule has 0 spiro atoms. The zero-order valence-corrected chi connectivity index (χ0v) is 16.2. The van der Waals surface area contributed by atoms with Gasteiger partial charge in [-0.1, -0.05) is 32.6 Å². The lowest BCUT2D eigenvalue weighted by Gasteiger charge is -2.46. The Morgan fingerprint density at radius 1 is 1.12 bits per heavy atom. The maximum atomic E-state index is 13.1. The Bertz CT molecular complexity index is 474. The van der Waals surface area contributed by atoms with Crippen LogP contribution < -0.4 is 0 Å². The maximum absolute atomic E-state index is 13.1. The second kappa shape index (κ2) is 7.45. The summed E-state index contributed by atoms with van der Waals surface area (Å²) in [5.74, 6) is 1.01. The molecule has 2 saturated carbocycles. The number of carbonyl (C=O) groups excluding carboxylic acids is 2. The van der Waals surface area contributed by atoms with E-state index < -0.39 is 11.0 Å². The molecule has 0 aromatic carbocycles. The summed E-state index contributed by atoms with van der Waals surface area (Å²) < 4.78 is 6.04. The van der Waals surface area contributed by atoms with Gasteiger partial charge in [0.05, 0.1) is 5.41 Å². The van der Waals surface area contributed by atoms with Gasteiger partial charge in [-0.2, -0.15) is 0 Å². The molecule has 0 unspecified atom stereocenters. The molecule has 24 heavy (non-hydrogen) atoms. The quantitative estimate of drug-likeness (QED) is 0.707. The van der Waals surface area contributed by atoms with E-state index in [1.54, 1.807) is 4.90 Å². The number of esters is 1. The van der Waals surface area contributed by atoms with Gasteiger partial charge < -0.3 is 9.64 Å². The molecule has 0 N–H and O–H groups in total. The Morgan fingerprint density at radius 3 is 2.33 bits per heavy atom. The Labute approximate surface area is 147 Å². The van der Waals surface area contributed by atoms with E-state index in [1.807, 2.05) is 34.7 Å². The van der Waals surface area contributed by atoms with Crippen molar-refractivity contribution in [2.45, 2.75) is 84.7 Å². The molecule has 0 heterocycles. The van der Waals surface area contributed by atoms with Crippen LogP contribution in [-0.4, -0.2) is 36.0 Å². The van der Waals surface area contributed by atoms with Crippen LogP contribution in [0.15, 0.2) is 0 Å². The van der Waals surface area contributed by atoms with E-state index in [4.69, 9.17) is 4.74 Å². The normalized spacial score (nSPS) is 30.4. The lowest BCUT2D eigenvalue weighted by molar-refractivity contribution is -0.189. The fourth-order valence-electron chi connectivity index (χ4n) is 4.16. The first-order valence-corrected chi connectivity index (χ1v) is 9.74. The summed E-state index contributed by atoms with van der Waals surface area (Å²) in [6.45, 7) is 8.41. The molecule has 0 bridgehead atoms. The molecule has 2 aliphatic rings. The minimum atomic E-state index is -0.938. The van der Waals surface area contributed by atoms with Crippen molar-refractivity contribution in [1.82, 2.24) is 4.90 Å². The van der Waals surface area contributed by atoms with Crippen molar-refractivity contribution < 1.29 is 14.3 Å². The van der Waals surface area contributed by atoms with E-state index in [0.717, 1.165) is 6.42 Å². The predicted molar refractivity (Wildman–Crippen MR) is 95.5 cm³/mol. The van der Waals surface area contributed by atoms with Gasteiger partial charge in [-0.15, -0.1) is 0 Å². The molecule has 138 valence electrons. The molecule has 4 heteroatoms. The van der Waals surface area contributed by atoms with E-state index in [0.29, 0.717) is 37.6 Å². The minimum absolute atomic E-state index is 0.00530. The van der Waals surface area contributed by atoms with Crippen LogP contribution in [-0.2, 0) is 14.3 Å². The van der Waals surface area contributed by atoms with E-state index >= 15 is 0 Å². The third-order valence-corrected chi connectivity index (χ3v) is 6.51. The number of ether oxygens (including phenoxy) is 1. The van der Waals surface area contributed by atoms with Crippen LogP contribution in [0.2, 0.25) is 0 Å². The number of carbonyl (C=O) groups is 2. The molecule has 0 saturated heterocycles. The predicted octanol–water partition coefficient (Wildman–Crippen LogP) is 4.17. The summed E-state index contributed by atoms with van der Waals surface area (Å²) in [5.41, 5.74) is -1.48. The Kier molecular flexibility index (Phi) is 5.98. The smallest absolute Gasteiger partial charge is 0.312 e. The maximum Gasteiger partial charge on any atom is 0.312 e. The monoisotopic (exact) mass is 337 g/mol. The highest BCUT2D eigenvalue weighted by molar-refractivity contribution is 5.89. The largest absolute Gasteiger partial charge is 0.449 e. The van der Waals surface area contributed by atoms with Crippen LogP contribution in [0.3, 0.4) is 0 Å².